The number of amides is 1. The van der Waals surface area contributed by atoms with E-state index in [0.29, 0.717) is 83.2 Å². The Hall–Kier alpha value is -6.85. The monoisotopic (exact) mass is 950 g/mol. The number of rotatable bonds is 7. The van der Waals surface area contributed by atoms with Gasteiger partial charge in [0.1, 0.15) is 22.9 Å². The van der Waals surface area contributed by atoms with Gasteiger partial charge in [0.15, 0.2) is 11.6 Å². The lowest BCUT2D eigenvalue weighted by atomic mass is 9.72. The Kier molecular flexibility index (Phi) is 9.87. The Bertz CT molecular complexity index is 3560. The number of fused-ring (bicyclic) bond motifs is 4. The molecule has 362 valence electrons. The molecule has 3 aromatic carbocycles. The SMILES string of the molecule is Cc1cc(-n2nc3c(c2-n2ccn(-c4ccc5c(ccn5C)c4F)c2=O)[C@H](C)N(C(=O)c2cc4cc([C@H]5CCOC(C)(C)C5)ccc4n2[C@@]2(c4noc(=O)[nH]4)C[C@@H]2C)CC32CCCNC2)cc(C)c1F. The van der Waals surface area contributed by atoms with Crippen molar-refractivity contribution < 1.29 is 22.8 Å². The number of H-pyrrole nitrogens is 1. The zero-order chi connectivity index (χ0) is 48.8. The van der Waals surface area contributed by atoms with Crippen molar-refractivity contribution in [3.05, 3.63) is 145 Å². The molecule has 2 saturated heterocycles. The fourth-order valence-corrected chi connectivity index (χ4v) is 12.4. The molecule has 17 heteroatoms. The Morgan fingerprint density at radius 3 is 2.37 bits per heavy atom. The number of aromatic nitrogens is 8. The number of benzene rings is 3. The number of halogens is 2. The van der Waals surface area contributed by atoms with Crippen LogP contribution in [0.4, 0.5) is 8.78 Å². The summed E-state index contributed by atoms with van der Waals surface area (Å²) in [6.07, 6.45) is 8.76. The normalized spacial score (nSPS) is 24.2. The van der Waals surface area contributed by atoms with Gasteiger partial charge in [0.25, 0.3) is 5.91 Å². The number of nitrogens with zero attached hydrogens (tertiary/aromatic N) is 8. The van der Waals surface area contributed by atoms with Crippen LogP contribution in [0.5, 0.6) is 0 Å². The first kappa shape index (κ1) is 44.4. The van der Waals surface area contributed by atoms with Gasteiger partial charge < -0.3 is 24.1 Å². The highest BCUT2D eigenvalue weighted by Crippen LogP contribution is 2.56. The first-order chi connectivity index (χ1) is 33.5. The second-order valence-electron chi connectivity index (χ2n) is 21.1. The van der Waals surface area contributed by atoms with Gasteiger partial charge in [0.05, 0.1) is 34.2 Å². The van der Waals surface area contributed by atoms with Crippen molar-refractivity contribution in [2.75, 3.05) is 26.2 Å². The van der Waals surface area contributed by atoms with E-state index in [0.717, 1.165) is 42.4 Å². The van der Waals surface area contributed by atoms with E-state index < -0.39 is 34.3 Å². The van der Waals surface area contributed by atoms with Gasteiger partial charge in [-0.2, -0.15) is 5.10 Å². The van der Waals surface area contributed by atoms with Crippen LogP contribution < -0.4 is 16.8 Å². The number of imidazole rings is 1. The lowest BCUT2D eigenvalue weighted by molar-refractivity contribution is -0.0592. The predicted molar refractivity (Wildman–Crippen MR) is 260 cm³/mol. The van der Waals surface area contributed by atoms with Crippen LogP contribution in [0.25, 0.3) is 39.0 Å². The van der Waals surface area contributed by atoms with Gasteiger partial charge in [-0.3, -0.25) is 23.4 Å². The fourth-order valence-electron chi connectivity index (χ4n) is 12.4. The predicted octanol–water partition coefficient (Wildman–Crippen LogP) is 8.13. The van der Waals surface area contributed by atoms with E-state index >= 15 is 18.4 Å². The van der Waals surface area contributed by atoms with Crippen molar-refractivity contribution in [2.45, 2.75) is 102 Å². The van der Waals surface area contributed by atoms with Crippen molar-refractivity contribution in [1.29, 1.82) is 0 Å². The number of carbonyl (C=O) groups excluding carboxylic acids is 1. The molecule has 8 heterocycles. The van der Waals surface area contributed by atoms with Gasteiger partial charge in [0.2, 0.25) is 0 Å². The first-order valence-corrected chi connectivity index (χ1v) is 24.3. The maximum atomic E-state index is 16.4. The van der Waals surface area contributed by atoms with Crippen molar-refractivity contribution in [1.82, 2.24) is 48.4 Å². The number of hydrogen-bond acceptors (Lipinski definition) is 8. The summed E-state index contributed by atoms with van der Waals surface area (Å²) in [6, 6.07) is 16.2. The van der Waals surface area contributed by atoms with Gasteiger partial charge in [-0.15, -0.1) is 0 Å². The highest BCUT2D eigenvalue weighted by molar-refractivity contribution is 6.00. The van der Waals surface area contributed by atoms with Gasteiger partial charge in [-0.05, 0) is 150 Å². The Balaban J connectivity index is 1.06. The van der Waals surface area contributed by atoms with E-state index in [1.54, 1.807) is 67.5 Å². The second kappa shape index (κ2) is 15.6. The minimum Gasteiger partial charge on any atom is -0.376 e. The van der Waals surface area contributed by atoms with Crippen molar-refractivity contribution in [3.63, 3.8) is 0 Å². The van der Waals surface area contributed by atoms with E-state index in [1.807, 2.05) is 29.5 Å². The molecular formula is C53H56F2N10O5. The number of ether oxygens (including phenoxy) is 1. The maximum Gasteiger partial charge on any atom is 0.438 e. The third-order valence-electron chi connectivity index (χ3n) is 16.1. The molecule has 3 aliphatic heterocycles. The molecule has 12 rings (SSSR count). The van der Waals surface area contributed by atoms with Crippen molar-refractivity contribution >= 4 is 27.7 Å². The third-order valence-corrected chi connectivity index (χ3v) is 16.1. The maximum absolute atomic E-state index is 16.4. The Morgan fingerprint density at radius 1 is 0.914 bits per heavy atom. The van der Waals surface area contributed by atoms with Gasteiger partial charge in [-0.25, -0.2) is 23.1 Å². The minimum absolute atomic E-state index is 0.0125. The van der Waals surface area contributed by atoms with Crippen molar-refractivity contribution in [3.8, 4) is 17.2 Å². The summed E-state index contributed by atoms with van der Waals surface area (Å²) in [5.74, 6) is -0.815. The lowest BCUT2D eigenvalue weighted by Crippen LogP contribution is -2.56. The summed E-state index contributed by atoms with van der Waals surface area (Å²) in [7, 11) is 1.84. The van der Waals surface area contributed by atoms with Crippen LogP contribution in [-0.2, 0) is 22.7 Å². The summed E-state index contributed by atoms with van der Waals surface area (Å²) in [6.45, 7) is 13.9. The summed E-state index contributed by atoms with van der Waals surface area (Å²) in [4.78, 5) is 48.5. The number of nitrogens with one attached hydrogen (secondary N) is 2. The number of hydrogen-bond donors (Lipinski definition) is 2. The molecule has 5 aromatic heterocycles. The third kappa shape index (κ3) is 6.52. The van der Waals surface area contributed by atoms with Gasteiger partial charge in [-0.1, -0.05) is 18.1 Å². The number of aromatic amines is 1. The van der Waals surface area contributed by atoms with E-state index in [-0.39, 0.29) is 34.8 Å². The van der Waals surface area contributed by atoms with E-state index in [1.165, 1.54) is 14.7 Å². The van der Waals surface area contributed by atoms with Crippen LogP contribution in [-0.4, -0.2) is 80.8 Å². The van der Waals surface area contributed by atoms with E-state index in [2.05, 4.69) is 59.0 Å². The number of carbonyl (C=O) groups is 1. The molecule has 0 radical (unpaired) electrons. The second-order valence-corrected chi connectivity index (χ2v) is 21.1. The highest BCUT2D eigenvalue weighted by Gasteiger charge is 2.60. The molecule has 1 aliphatic carbocycles. The van der Waals surface area contributed by atoms with Crippen LogP contribution in [0.1, 0.15) is 116 Å². The topological polar surface area (TPSA) is 155 Å². The summed E-state index contributed by atoms with van der Waals surface area (Å²) >= 11 is 0. The molecule has 8 aromatic rings. The van der Waals surface area contributed by atoms with Crippen molar-refractivity contribution in [2.24, 2.45) is 13.0 Å². The van der Waals surface area contributed by atoms with E-state index in [4.69, 9.17) is 14.4 Å². The molecule has 2 N–H and O–H groups in total. The molecule has 1 amide bonds. The van der Waals surface area contributed by atoms with Crippen LogP contribution in [0.3, 0.4) is 0 Å². The van der Waals surface area contributed by atoms with Crippen LogP contribution in [0, 0.1) is 31.4 Å². The Labute approximate surface area is 401 Å². The molecule has 4 aliphatic rings. The van der Waals surface area contributed by atoms with Crippen LogP contribution >= 0.6 is 0 Å². The number of piperidine rings is 1. The molecule has 3 fully saturated rings. The van der Waals surface area contributed by atoms with E-state index in [9.17, 15) is 4.79 Å². The fraction of sp³-hybridized carbons (Fsp3) is 0.415. The standard InChI is InChI=1S/C53H56F2N10O5/c1-29-21-36(22-30(2)43(29)54)65-46(62-19-18-61(50(62)68)40-12-11-39-37(44(40)55)13-17-60(39)7)42-32(4)63(28-52(45(42)58-65)15-8-16-56-27-52)47(66)41-24-35-23-33(34-14-20-69-51(5,6)26-34)9-10-38(35)64(41)53(25-31(53)3)48-57-49(67)70-59-48/h9-13,17-19,21-24,31-32,34,56H,8,14-16,20,25-28H2,1-7H3,(H,57,59,67)/t31-,32-,34-,52?,53-/m0/s1. The molecular weight excluding hydrogens is 895 g/mol. The first-order valence-electron chi connectivity index (χ1n) is 24.3. The summed E-state index contributed by atoms with van der Waals surface area (Å²) < 4.78 is 51.4. The molecule has 70 heavy (non-hydrogen) atoms. The highest BCUT2D eigenvalue weighted by atomic mass is 19.1. The van der Waals surface area contributed by atoms with Crippen LogP contribution in [0.15, 0.2) is 87.3 Å². The minimum atomic E-state index is -0.877. The molecule has 15 nitrogen and oxygen atoms in total. The number of aryl methyl sites for hydroxylation is 3. The average Bonchev–Trinajstić information content (AvgIpc) is 3.98. The van der Waals surface area contributed by atoms with Crippen LogP contribution in [0.2, 0.25) is 0 Å². The van der Waals surface area contributed by atoms with Gasteiger partial charge in [0, 0.05) is 72.6 Å². The van der Waals surface area contributed by atoms with Gasteiger partial charge >= 0.3 is 11.4 Å². The molecule has 1 saturated carbocycles. The molecule has 5 atom stereocenters. The largest absolute Gasteiger partial charge is 0.438 e. The smallest absolute Gasteiger partial charge is 0.376 e. The zero-order valence-electron chi connectivity index (χ0n) is 40.4. The molecule has 1 spiro atoms. The summed E-state index contributed by atoms with van der Waals surface area (Å²) in [5, 5.41) is 14.5. The lowest BCUT2D eigenvalue weighted by Gasteiger charge is -2.47. The molecule has 1 unspecified atom stereocenters. The average molecular weight is 951 g/mol. The Morgan fingerprint density at radius 2 is 1.67 bits per heavy atom. The summed E-state index contributed by atoms with van der Waals surface area (Å²) in [5.41, 5.74) is 3.53. The quantitative estimate of drug-likeness (QED) is 0.162. The zero-order valence-corrected chi connectivity index (χ0v) is 40.4. The molecule has 0 bridgehead atoms.